The minimum absolute atomic E-state index is 0.0396. The van der Waals surface area contributed by atoms with E-state index in [2.05, 4.69) is 0 Å². The second kappa shape index (κ2) is 7.52. The molecule has 24 heavy (non-hydrogen) atoms. The van der Waals surface area contributed by atoms with Crippen molar-refractivity contribution >= 4 is 17.5 Å². The molecule has 5 nitrogen and oxygen atoms in total. The molecule has 1 saturated heterocycles. The lowest BCUT2D eigenvalue weighted by Crippen LogP contribution is -2.36. The Morgan fingerprint density at radius 2 is 2.29 bits per heavy atom. The van der Waals surface area contributed by atoms with Crippen LogP contribution in [0, 0.1) is 11.3 Å². The van der Waals surface area contributed by atoms with Crippen LogP contribution < -0.4 is 0 Å². The van der Waals surface area contributed by atoms with Crippen molar-refractivity contribution in [3.05, 3.63) is 58.5 Å². The van der Waals surface area contributed by atoms with E-state index in [1.54, 1.807) is 29.4 Å². The Bertz CT molecular complexity index is 746. The zero-order valence-corrected chi connectivity index (χ0v) is 13.8. The standard InChI is InChI=1S/C18H17ClN2O3/c19-17-9-13(5-6-14(17)10-20)18(22)21(11-15-3-1-7-23-15)12-16-4-2-8-24-16/h1,3,5-7,9,16H,2,4,8,11-12H2/t16-/m0/s1. The average molecular weight is 345 g/mol. The minimum atomic E-state index is -0.159. The molecular weight excluding hydrogens is 328 g/mol. The number of carbonyl (C=O) groups is 1. The highest BCUT2D eigenvalue weighted by atomic mass is 35.5. The fourth-order valence-electron chi connectivity index (χ4n) is 2.77. The number of hydrogen-bond acceptors (Lipinski definition) is 4. The van der Waals surface area contributed by atoms with Gasteiger partial charge < -0.3 is 14.1 Å². The molecule has 1 aromatic heterocycles. The number of benzene rings is 1. The summed E-state index contributed by atoms with van der Waals surface area (Å²) >= 11 is 6.05. The monoisotopic (exact) mass is 344 g/mol. The molecule has 1 aromatic carbocycles. The minimum Gasteiger partial charge on any atom is -0.467 e. The van der Waals surface area contributed by atoms with Crippen molar-refractivity contribution in [2.75, 3.05) is 13.2 Å². The number of halogens is 1. The maximum absolute atomic E-state index is 12.9. The lowest BCUT2D eigenvalue weighted by molar-refractivity contribution is 0.0491. The van der Waals surface area contributed by atoms with Crippen LogP contribution in [-0.4, -0.2) is 30.1 Å². The highest BCUT2D eigenvalue weighted by Crippen LogP contribution is 2.21. The van der Waals surface area contributed by atoms with Gasteiger partial charge in [0.05, 0.1) is 29.5 Å². The molecule has 124 valence electrons. The molecule has 6 heteroatoms. The number of rotatable bonds is 5. The average Bonchev–Trinajstić information content (AvgIpc) is 3.27. The first kappa shape index (κ1) is 16.6. The molecule has 0 radical (unpaired) electrons. The van der Waals surface area contributed by atoms with Crippen LogP contribution in [0.1, 0.15) is 34.5 Å². The summed E-state index contributed by atoms with van der Waals surface area (Å²) in [4.78, 5) is 14.6. The molecule has 2 heterocycles. The number of hydrogen-bond donors (Lipinski definition) is 0. The molecule has 1 atom stereocenters. The Morgan fingerprint density at radius 1 is 1.42 bits per heavy atom. The van der Waals surface area contributed by atoms with Crippen molar-refractivity contribution in [3.8, 4) is 6.07 Å². The third-order valence-corrected chi connectivity index (χ3v) is 4.31. The Hall–Kier alpha value is -2.29. The van der Waals surface area contributed by atoms with E-state index >= 15 is 0 Å². The Balaban J connectivity index is 1.81. The third-order valence-electron chi connectivity index (χ3n) is 4.00. The molecule has 1 aliphatic rings. The summed E-state index contributed by atoms with van der Waals surface area (Å²) < 4.78 is 11.0. The van der Waals surface area contributed by atoms with Gasteiger partial charge in [-0.2, -0.15) is 5.26 Å². The predicted octanol–water partition coefficient (Wildman–Crippen LogP) is 3.63. The van der Waals surface area contributed by atoms with Crippen LogP contribution in [0.5, 0.6) is 0 Å². The fourth-order valence-corrected chi connectivity index (χ4v) is 2.99. The SMILES string of the molecule is N#Cc1ccc(C(=O)N(Cc2ccco2)C[C@@H]2CCCO2)cc1Cl. The zero-order valence-electron chi connectivity index (χ0n) is 13.1. The lowest BCUT2D eigenvalue weighted by Gasteiger charge is -2.25. The topological polar surface area (TPSA) is 66.5 Å². The first-order valence-electron chi connectivity index (χ1n) is 7.80. The van der Waals surface area contributed by atoms with Gasteiger partial charge in [-0.1, -0.05) is 11.6 Å². The predicted molar refractivity (Wildman–Crippen MR) is 88.6 cm³/mol. The van der Waals surface area contributed by atoms with Crippen LogP contribution in [-0.2, 0) is 11.3 Å². The van der Waals surface area contributed by atoms with Crippen molar-refractivity contribution in [1.82, 2.24) is 4.90 Å². The second-order valence-corrected chi connectivity index (χ2v) is 6.11. The summed E-state index contributed by atoms with van der Waals surface area (Å²) in [5.74, 6) is 0.550. The van der Waals surface area contributed by atoms with Gasteiger partial charge in [-0.3, -0.25) is 4.79 Å². The molecule has 1 amide bonds. The maximum Gasteiger partial charge on any atom is 0.254 e. The number of ether oxygens (including phenoxy) is 1. The second-order valence-electron chi connectivity index (χ2n) is 5.71. The number of furan rings is 1. The summed E-state index contributed by atoms with van der Waals surface area (Å²) in [6, 6.07) is 10.3. The summed E-state index contributed by atoms with van der Waals surface area (Å²) in [5, 5.41) is 9.24. The van der Waals surface area contributed by atoms with Crippen molar-refractivity contribution in [2.24, 2.45) is 0 Å². The summed E-state index contributed by atoms with van der Waals surface area (Å²) in [6.45, 7) is 1.59. The number of amides is 1. The largest absolute Gasteiger partial charge is 0.467 e. The van der Waals surface area contributed by atoms with Gasteiger partial charge in [0.1, 0.15) is 11.8 Å². The van der Waals surface area contributed by atoms with Crippen LogP contribution in [0.3, 0.4) is 0 Å². The molecule has 0 N–H and O–H groups in total. The van der Waals surface area contributed by atoms with Gasteiger partial charge in [0.25, 0.3) is 5.91 Å². The summed E-state index contributed by atoms with van der Waals surface area (Å²) in [6.07, 6.45) is 3.58. The molecule has 0 unspecified atom stereocenters. The van der Waals surface area contributed by atoms with Crippen LogP contribution >= 0.6 is 11.6 Å². The van der Waals surface area contributed by atoms with Crippen LogP contribution in [0.4, 0.5) is 0 Å². The molecule has 0 bridgehead atoms. The lowest BCUT2D eigenvalue weighted by atomic mass is 10.1. The van der Waals surface area contributed by atoms with E-state index in [4.69, 9.17) is 26.0 Å². The van der Waals surface area contributed by atoms with E-state index in [1.165, 1.54) is 6.07 Å². The molecule has 0 spiro atoms. The van der Waals surface area contributed by atoms with Crippen molar-refractivity contribution in [3.63, 3.8) is 0 Å². The number of nitriles is 1. The van der Waals surface area contributed by atoms with E-state index in [0.717, 1.165) is 19.4 Å². The first-order chi connectivity index (χ1) is 11.7. The van der Waals surface area contributed by atoms with Gasteiger partial charge in [0.2, 0.25) is 0 Å². The number of carbonyl (C=O) groups excluding carboxylic acids is 1. The quantitative estimate of drug-likeness (QED) is 0.830. The maximum atomic E-state index is 12.9. The van der Waals surface area contributed by atoms with Crippen molar-refractivity contribution in [2.45, 2.75) is 25.5 Å². The molecule has 0 aliphatic carbocycles. The summed E-state index contributed by atoms with van der Waals surface area (Å²) in [5.41, 5.74) is 0.800. The van der Waals surface area contributed by atoms with Gasteiger partial charge in [0, 0.05) is 18.7 Å². The van der Waals surface area contributed by atoms with E-state index in [0.29, 0.717) is 30.0 Å². The smallest absolute Gasteiger partial charge is 0.254 e. The van der Waals surface area contributed by atoms with E-state index < -0.39 is 0 Å². The highest BCUT2D eigenvalue weighted by molar-refractivity contribution is 6.32. The summed E-state index contributed by atoms with van der Waals surface area (Å²) in [7, 11) is 0. The van der Waals surface area contributed by atoms with E-state index in [1.807, 2.05) is 12.1 Å². The Labute approximate surface area is 145 Å². The molecular formula is C18H17ClN2O3. The van der Waals surface area contributed by atoms with Crippen LogP contribution in [0.2, 0.25) is 5.02 Å². The van der Waals surface area contributed by atoms with Crippen LogP contribution in [0.15, 0.2) is 41.0 Å². The Kier molecular flexibility index (Phi) is 5.19. The normalized spacial score (nSPS) is 16.8. The highest BCUT2D eigenvalue weighted by Gasteiger charge is 2.24. The number of nitrogens with zero attached hydrogens (tertiary/aromatic N) is 2. The van der Waals surface area contributed by atoms with Crippen molar-refractivity contribution < 1.29 is 13.9 Å². The van der Waals surface area contributed by atoms with Gasteiger partial charge in [-0.25, -0.2) is 0 Å². The van der Waals surface area contributed by atoms with Crippen LogP contribution in [0.25, 0.3) is 0 Å². The zero-order chi connectivity index (χ0) is 16.9. The Morgan fingerprint density at radius 3 is 2.92 bits per heavy atom. The van der Waals surface area contributed by atoms with Gasteiger partial charge in [-0.05, 0) is 43.2 Å². The fraction of sp³-hybridized carbons (Fsp3) is 0.333. The first-order valence-corrected chi connectivity index (χ1v) is 8.18. The van der Waals surface area contributed by atoms with Gasteiger partial charge in [-0.15, -0.1) is 0 Å². The molecule has 3 rings (SSSR count). The van der Waals surface area contributed by atoms with E-state index in [-0.39, 0.29) is 17.0 Å². The van der Waals surface area contributed by atoms with E-state index in [9.17, 15) is 4.79 Å². The van der Waals surface area contributed by atoms with Gasteiger partial charge in [0.15, 0.2) is 0 Å². The molecule has 1 aliphatic heterocycles. The molecule has 2 aromatic rings. The molecule has 0 saturated carbocycles. The van der Waals surface area contributed by atoms with Gasteiger partial charge >= 0.3 is 0 Å². The molecule has 1 fully saturated rings. The van der Waals surface area contributed by atoms with Crippen molar-refractivity contribution in [1.29, 1.82) is 5.26 Å². The third kappa shape index (κ3) is 3.78.